The minimum atomic E-state index is 0.586. The highest BCUT2D eigenvalue weighted by Crippen LogP contribution is 2.42. The summed E-state index contributed by atoms with van der Waals surface area (Å²) in [6, 6.07) is 8.43. The van der Waals surface area contributed by atoms with E-state index in [-0.39, 0.29) is 0 Å². The molecule has 1 fully saturated rings. The minimum absolute atomic E-state index is 0.586. The summed E-state index contributed by atoms with van der Waals surface area (Å²) in [5.74, 6) is 0.586. The zero-order valence-electron chi connectivity index (χ0n) is 9.61. The second-order valence-electron chi connectivity index (χ2n) is 4.61. The number of rotatable bonds is 2. The maximum Gasteiger partial charge on any atom is 0.0994 e. The highest BCUT2D eigenvalue weighted by Gasteiger charge is 2.26. The fourth-order valence-corrected chi connectivity index (χ4v) is 2.20. The quantitative estimate of drug-likeness (QED) is 0.779. The number of benzene rings is 1. The van der Waals surface area contributed by atoms with Crippen molar-refractivity contribution in [3.05, 3.63) is 48.0 Å². The van der Waals surface area contributed by atoms with Crippen LogP contribution in [0.15, 0.2) is 24.4 Å². The summed E-state index contributed by atoms with van der Waals surface area (Å²) < 4.78 is 0. The van der Waals surface area contributed by atoms with Gasteiger partial charge in [0, 0.05) is 11.6 Å². The van der Waals surface area contributed by atoms with Crippen molar-refractivity contribution in [2.75, 3.05) is 0 Å². The molecule has 1 aliphatic carbocycles. The molecule has 1 aromatic heterocycles. The van der Waals surface area contributed by atoms with Crippen molar-refractivity contribution in [3.8, 4) is 6.07 Å². The van der Waals surface area contributed by atoms with E-state index in [9.17, 15) is 5.26 Å². The molecule has 0 amide bonds. The third-order valence-electron chi connectivity index (χ3n) is 3.34. The number of fused-ring (bicyclic) bond motifs is 1. The van der Waals surface area contributed by atoms with E-state index < -0.39 is 0 Å². The molecular weight excluding hydrogens is 208 g/mol. The van der Waals surface area contributed by atoms with E-state index >= 15 is 0 Å². The molecule has 0 bridgehead atoms. The average molecular weight is 221 g/mol. The van der Waals surface area contributed by atoms with Crippen LogP contribution in [-0.4, -0.2) is 4.98 Å². The van der Waals surface area contributed by atoms with Crippen LogP contribution in [0.1, 0.15) is 35.4 Å². The number of nitrogens with zero attached hydrogens (tertiary/aromatic N) is 2. The summed E-state index contributed by atoms with van der Waals surface area (Å²) in [4.78, 5) is 4.45. The third-order valence-corrected chi connectivity index (χ3v) is 3.34. The second-order valence-corrected chi connectivity index (χ2v) is 4.61. The maximum absolute atomic E-state index is 9.20. The maximum atomic E-state index is 9.20. The van der Waals surface area contributed by atoms with Crippen LogP contribution in [0.25, 0.3) is 10.9 Å². The molecule has 1 aromatic carbocycles. The van der Waals surface area contributed by atoms with Crippen LogP contribution in [-0.2, 0) is 6.42 Å². The largest absolute Gasteiger partial charge is 0.256 e. The van der Waals surface area contributed by atoms with E-state index in [0.717, 1.165) is 28.5 Å². The Labute approximate surface area is 101 Å². The monoisotopic (exact) mass is 221 g/mol. The van der Waals surface area contributed by atoms with Gasteiger partial charge in [0.25, 0.3) is 0 Å². The van der Waals surface area contributed by atoms with Crippen LogP contribution in [0.2, 0.25) is 0 Å². The van der Waals surface area contributed by atoms with Gasteiger partial charge in [0.1, 0.15) is 0 Å². The van der Waals surface area contributed by atoms with Gasteiger partial charge in [-0.3, -0.25) is 4.98 Å². The Morgan fingerprint density at radius 3 is 2.82 bits per heavy atom. The van der Waals surface area contributed by atoms with Crippen molar-refractivity contribution in [2.24, 2.45) is 0 Å². The molecule has 83 valence electrons. The van der Waals surface area contributed by atoms with Gasteiger partial charge in [-0.1, -0.05) is 0 Å². The van der Waals surface area contributed by atoms with E-state index in [1.54, 1.807) is 0 Å². The topological polar surface area (TPSA) is 36.7 Å². The Morgan fingerprint density at radius 1 is 1.35 bits per heavy atom. The lowest BCUT2D eigenvalue weighted by Gasteiger charge is -2.06. The van der Waals surface area contributed by atoms with Gasteiger partial charge in [-0.05, 0) is 61.4 Å². The highest BCUT2D eigenvalue weighted by atomic mass is 14.6. The SMILES string of the molecule is [CH2]Cc1cnc2cc(C3CC3)c(C#N)cc2c1. The van der Waals surface area contributed by atoms with Crippen LogP contribution >= 0.6 is 0 Å². The van der Waals surface area contributed by atoms with E-state index in [4.69, 9.17) is 0 Å². The Bertz CT molecular complexity index is 619. The van der Waals surface area contributed by atoms with Crippen molar-refractivity contribution in [3.63, 3.8) is 0 Å². The third kappa shape index (κ3) is 1.78. The standard InChI is InChI=1S/C15H13N2/c1-2-10-5-12-6-13(8-16)14(11-3-4-11)7-15(12)17-9-10/h5-7,9,11H,1-4H2. The van der Waals surface area contributed by atoms with Gasteiger partial charge >= 0.3 is 0 Å². The summed E-state index contributed by atoms with van der Waals surface area (Å²) >= 11 is 0. The second kappa shape index (κ2) is 3.85. The molecule has 17 heavy (non-hydrogen) atoms. The molecule has 1 saturated carbocycles. The molecule has 2 aromatic rings. The number of nitriles is 1. The highest BCUT2D eigenvalue weighted by molar-refractivity contribution is 5.82. The predicted octanol–water partition coefficient (Wildman–Crippen LogP) is 3.36. The molecule has 0 unspecified atom stereocenters. The first-order valence-electron chi connectivity index (χ1n) is 5.93. The Kier molecular flexibility index (Phi) is 2.33. The van der Waals surface area contributed by atoms with Crippen LogP contribution in [0.5, 0.6) is 0 Å². The molecular formula is C15H13N2. The van der Waals surface area contributed by atoms with Gasteiger partial charge in [-0.15, -0.1) is 0 Å². The van der Waals surface area contributed by atoms with Crippen LogP contribution in [0.3, 0.4) is 0 Å². The van der Waals surface area contributed by atoms with Crippen molar-refractivity contribution in [1.82, 2.24) is 4.98 Å². The van der Waals surface area contributed by atoms with Gasteiger partial charge in [-0.2, -0.15) is 5.26 Å². The van der Waals surface area contributed by atoms with Crippen molar-refractivity contribution in [1.29, 1.82) is 5.26 Å². The first-order chi connectivity index (χ1) is 8.31. The molecule has 0 atom stereocenters. The molecule has 2 heteroatoms. The fourth-order valence-electron chi connectivity index (χ4n) is 2.20. The van der Waals surface area contributed by atoms with Crippen LogP contribution in [0.4, 0.5) is 0 Å². The molecule has 0 saturated heterocycles. The lowest BCUT2D eigenvalue weighted by Crippen LogP contribution is -1.91. The molecule has 2 nitrogen and oxygen atoms in total. The van der Waals surface area contributed by atoms with Crippen LogP contribution in [0, 0.1) is 18.3 Å². The van der Waals surface area contributed by atoms with Gasteiger partial charge in [0.15, 0.2) is 0 Å². The van der Waals surface area contributed by atoms with Crippen molar-refractivity contribution in [2.45, 2.75) is 25.2 Å². The van der Waals surface area contributed by atoms with Gasteiger partial charge in [0.2, 0.25) is 0 Å². The van der Waals surface area contributed by atoms with Gasteiger partial charge in [-0.25, -0.2) is 0 Å². The van der Waals surface area contributed by atoms with E-state index in [1.807, 2.05) is 12.3 Å². The normalized spacial score (nSPS) is 14.8. The first kappa shape index (κ1) is 10.3. The fraction of sp³-hybridized carbons (Fsp3) is 0.267. The summed E-state index contributed by atoms with van der Waals surface area (Å²) in [5.41, 5.74) is 4.08. The Hall–Kier alpha value is -1.88. The number of hydrogen-bond acceptors (Lipinski definition) is 2. The van der Waals surface area contributed by atoms with Gasteiger partial charge < -0.3 is 0 Å². The zero-order chi connectivity index (χ0) is 11.8. The summed E-state index contributed by atoms with van der Waals surface area (Å²) in [6.07, 6.45) is 5.02. The molecule has 1 aliphatic rings. The predicted molar refractivity (Wildman–Crippen MR) is 67.5 cm³/mol. The summed E-state index contributed by atoms with van der Waals surface area (Å²) in [5, 5.41) is 10.2. The number of hydrogen-bond donors (Lipinski definition) is 0. The van der Waals surface area contributed by atoms with Crippen LogP contribution < -0.4 is 0 Å². The summed E-state index contributed by atoms with van der Waals surface area (Å²) in [7, 11) is 0. The van der Waals surface area contributed by atoms with Crippen molar-refractivity contribution < 1.29 is 0 Å². The molecule has 3 rings (SSSR count). The molecule has 0 N–H and O–H groups in total. The van der Waals surface area contributed by atoms with Crippen molar-refractivity contribution >= 4 is 10.9 Å². The van der Waals surface area contributed by atoms with E-state index in [2.05, 4.69) is 30.1 Å². The molecule has 1 heterocycles. The van der Waals surface area contributed by atoms with E-state index in [0.29, 0.717) is 5.92 Å². The lowest BCUT2D eigenvalue weighted by molar-refractivity contribution is 1.12. The average Bonchev–Trinajstić information content (AvgIpc) is 3.20. The number of pyridine rings is 1. The number of aromatic nitrogens is 1. The van der Waals surface area contributed by atoms with Gasteiger partial charge in [0.05, 0.1) is 17.1 Å². The smallest absolute Gasteiger partial charge is 0.0994 e. The Morgan fingerprint density at radius 2 is 2.18 bits per heavy atom. The Balaban J connectivity index is 2.22. The van der Waals surface area contributed by atoms with E-state index in [1.165, 1.54) is 18.4 Å². The summed E-state index contributed by atoms with van der Waals surface area (Å²) in [6.45, 7) is 3.86. The molecule has 0 spiro atoms. The zero-order valence-corrected chi connectivity index (χ0v) is 9.61. The molecule has 0 aliphatic heterocycles. The first-order valence-corrected chi connectivity index (χ1v) is 5.93. The lowest BCUT2D eigenvalue weighted by atomic mass is 10.00. The molecule has 1 radical (unpaired) electrons. The minimum Gasteiger partial charge on any atom is -0.256 e.